The predicted octanol–water partition coefficient (Wildman–Crippen LogP) is 3.15. The fourth-order valence-corrected chi connectivity index (χ4v) is 3.22. The zero-order valence-electron chi connectivity index (χ0n) is 12.0. The number of nitrogens with zero attached hydrogens (tertiary/aromatic N) is 1. The van der Waals surface area contributed by atoms with Crippen LogP contribution in [-0.4, -0.2) is 41.7 Å². The average Bonchev–Trinajstić information content (AvgIpc) is 2.23. The molecule has 0 aromatic carbocycles. The molecule has 1 rings (SSSR count). The maximum Gasteiger partial charge on any atom is 0.251 e. The van der Waals surface area contributed by atoms with E-state index in [0.717, 1.165) is 12.8 Å². The normalized spacial score (nSPS) is 30.2. The Morgan fingerprint density at radius 3 is 2.33 bits per heavy atom. The summed E-state index contributed by atoms with van der Waals surface area (Å²) >= 11 is 0. The Bertz CT molecular complexity index is 253. The van der Waals surface area contributed by atoms with Gasteiger partial charge < -0.3 is 5.11 Å². The Kier molecular flexibility index (Phi) is 5.53. The number of aliphatic hydroxyl groups excluding tert-OH is 1. The van der Waals surface area contributed by atoms with E-state index in [1.165, 1.54) is 0 Å². The molecular formula is C14H27F2NO. The summed E-state index contributed by atoms with van der Waals surface area (Å²) in [6.07, 6.45) is -0.285. The second kappa shape index (κ2) is 6.29. The Morgan fingerprint density at radius 1 is 1.28 bits per heavy atom. The lowest BCUT2D eigenvalue weighted by molar-refractivity contribution is -0.0298. The van der Waals surface area contributed by atoms with Crippen LogP contribution in [0.25, 0.3) is 0 Å². The van der Waals surface area contributed by atoms with Gasteiger partial charge in [0.2, 0.25) is 0 Å². The number of alkyl halides is 2. The van der Waals surface area contributed by atoms with E-state index in [9.17, 15) is 13.9 Å². The maximum atomic E-state index is 12.6. The van der Waals surface area contributed by atoms with E-state index < -0.39 is 6.43 Å². The minimum atomic E-state index is -2.30. The third-order valence-corrected chi connectivity index (χ3v) is 4.15. The van der Waals surface area contributed by atoms with Gasteiger partial charge in [-0.1, -0.05) is 27.7 Å². The standard InChI is InChI=1S/C14H27F2NO/c1-5-17(9-13(15)16)12-8-10(18)6-7-11(12)14(2,3)4/h10-13,18H,5-9H2,1-4H3. The fourth-order valence-electron chi connectivity index (χ4n) is 3.22. The average molecular weight is 263 g/mol. The molecule has 0 heterocycles. The quantitative estimate of drug-likeness (QED) is 0.842. The van der Waals surface area contributed by atoms with Crippen molar-refractivity contribution in [2.24, 2.45) is 11.3 Å². The first-order valence-electron chi connectivity index (χ1n) is 6.96. The molecule has 0 aromatic rings. The molecule has 0 aromatic heterocycles. The second-order valence-corrected chi connectivity index (χ2v) is 6.49. The van der Waals surface area contributed by atoms with Crippen LogP contribution in [0, 0.1) is 11.3 Å². The van der Waals surface area contributed by atoms with Crippen molar-refractivity contribution in [1.29, 1.82) is 0 Å². The lowest BCUT2D eigenvalue weighted by Crippen LogP contribution is -2.51. The summed E-state index contributed by atoms with van der Waals surface area (Å²) in [5.74, 6) is 0.375. The molecule has 0 radical (unpaired) electrons. The number of halogens is 2. The number of aliphatic hydroxyl groups is 1. The van der Waals surface area contributed by atoms with Gasteiger partial charge in [-0.2, -0.15) is 0 Å². The molecule has 1 saturated carbocycles. The molecule has 3 atom stereocenters. The molecule has 3 unspecified atom stereocenters. The molecule has 1 N–H and O–H groups in total. The van der Waals surface area contributed by atoms with E-state index in [-0.39, 0.29) is 24.1 Å². The van der Waals surface area contributed by atoms with Crippen LogP contribution in [0.1, 0.15) is 47.0 Å². The van der Waals surface area contributed by atoms with Crippen LogP contribution >= 0.6 is 0 Å². The van der Waals surface area contributed by atoms with Crippen molar-refractivity contribution in [2.45, 2.75) is 65.5 Å². The van der Waals surface area contributed by atoms with Gasteiger partial charge in [0, 0.05) is 6.04 Å². The number of rotatable bonds is 4. The van der Waals surface area contributed by atoms with Crippen LogP contribution in [0.3, 0.4) is 0 Å². The lowest BCUT2D eigenvalue weighted by Gasteiger charge is -2.46. The van der Waals surface area contributed by atoms with Gasteiger partial charge in [0.25, 0.3) is 6.43 Å². The monoisotopic (exact) mass is 263 g/mol. The maximum absolute atomic E-state index is 12.6. The minimum absolute atomic E-state index is 0.0766. The Morgan fingerprint density at radius 2 is 1.89 bits per heavy atom. The molecule has 0 bridgehead atoms. The molecule has 0 spiro atoms. The van der Waals surface area contributed by atoms with Gasteiger partial charge in [-0.15, -0.1) is 0 Å². The van der Waals surface area contributed by atoms with Crippen LogP contribution in [-0.2, 0) is 0 Å². The zero-order valence-corrected chi connectivity index (χ0v) is 12.0. The first kappa shape index (κ1) is 15.8. The van der Waals surface area contributed by atoms with E-state index in [1.807, 2.05) is 11.8 Å². The van der Waals surface area contributed by atoms with E-state index >= 15 is 0 Å². The van der Waals surface area contributed by atoms with Gasteiger partial charge >= 0.3 is 0 Å². The fraction of sp³-hybridized carbons (Fsp3) is 1.00. The lowest BCUT2D eigenvalue weighted by atomic mass is 9.68. The Balaban J connectivity index is 2.82. The molecule has 0 saturated heterocycles. The highest BCUT2D eigenvalue weighted by Gasteiger charge is 2.39. The number of hydrogen-bond acceptors (Lipinski definition) is 2. The molecular weight excluding hydrogens is 236 g/mol. The van der Waals surface area contributed by atoms with E-state index in [0.29, 0.717) is 18.9 Å². The molecule has 1 fully saturated rings. The molecule has 108 valence electrons. The van der Waals surface area contributed by atoms with Gasteiger partial charge in [-0.3, -0.25) is 4.90 Å². The summed E-state index contributed by atoms with van der Waals surface area (Å²) in [6, 6.07) is 0.0766. The number of hydrogen-bond donors (Lipinski definition) is 1. The molecule has 1 aliphatic rings. The summed E-state index contributed by atoms with van der Waals surface area (Å²) in [7, 11) is 0. The van der Waals surface area contributed by atoms with Crippen LogP contribution in [0.15, 0.2) is 0 Å². The Hall–Kier alpha value is -0.220. The SMILES string of the molecule is CCN(CC(F)F)C1CC(O)CCC1C(C)(C)C. The third-order valence-electron chi connectivity index (χ3n) is 4.15. The van der Waals surface area contributed by atoms with Crippen molar-refractivity contribution in [3.8, 4) is 0 Å². The molecule has 0 amide bonds. The first-order valence-corrected chi connectivity index (χ1v) is 6.96. The van der Waals surface area contributed by atoms with Crippen LogP contribution < -0.4 is 0 Å². The van der Waals surface area contributed by atoms with Crippen molar-refractivity contribution < 1.29 is 13.9 Å². The molecule has 2 nitrogen and oxygen atoms in total. The van der Waals surface area contributed by atoms with Crippen LogP contribution in [0.4, 0.5) is 8.78 Å². The summed E-state index contributed by atoms with van der Waals surface area (Å²) in [4.78, 5) is 1.85. The van der Waals surface area contributed by atoms with E-state index in [1.54, 1.807) is 0 Å². The van der Waals surface area contributed by atoms with Crippen molar-refractivity contribution in [2.75, 3.05) is 13.1 Å². The van der Waals surface area contributed by atoms with Crippen molar-refractivity contribution in [1.82, 2.24) is 4.90 Å². The largest absolute Gasteiger partial charge is 0.393 e. The van der Waals surface area contributed by atoms with E-state index in [4.69, 9.17) is 0 Å². The highest BCUT2D eigenvalue weighted by Crippen LogP contribution is 2.40. The smallest absolute Gasteiger partial charge is 0.251 e. The van der Waals surface area contributed by atoms with Crippen LogP contribution in [0.5, 0.6) is 0 Å². The highest BCUT2D eigenvalue weighted by molar-refractivity contribution is 4.92. The predicted molar refractivity (Wildman–Crippen MR) is 69.8 cm³/mol. The van der Waals surface area contributed by atoms with E-state index in [2.05, 4.69) is 20.8 Å². The van der Waals surface area contributed by atoms with Crippen LogP contribution in [0.2, 0.25) is 0 Å². The van der Waals surface area contributed by atoms with Crippen molar-refractivity contribution in [3.63, 3.8) is 0 Å². The zero-order chi connectivity index (χ0) is 13.9. The molecule has 4 heteroatoms. The minimum Gasteiger partial charge on any atom is -0.393 e. The Labute approximate surface area is 109 Å². The summed E-state index contributed by atoms with van der Waals surface area (Å²) in [5, 5.41) is 9.83. The van der Waals surface area contributed by atoms with Crippen molar-refractivity contribution >= 4 is 0 Å². The highest BCUT2D eigenvalue weighted by atomic mass is 19.3. The molecule has 18 heavy (non-hydrogen) atoms. The molecule has 0 aliphatic heterocycles. The van der Waals surface area contributed by atoms with Crippen molar-refractivity contribution in [3.05, 3.63) is 0 Å². The second-order valence-electron chi connectivity index (χ2n) is 6.49. The third kappa shape index (κ3) is 4.16. The summed E-state index contributed by atoms with van der Waals surface area (Å²) in [6.45, 7) is 8.85. The molecule has 1 aliphatic carbocycles. The van der Waals surface area contributed by atoms with Gasteiger partial charge in [0.05, 0.1) is 12.6 Å². The first-order chi connectivity index (χ1) is 8.25. The summed E-state index contributed by atoms with van der Waals surface area (Å²) in [5.41, 5.74) is 0.0976. The van der Waals surface area contributed by atoms with Gasteiger partial charge in [0.15, 0.2) is 0 Å². The van der Waals surface area contributed by atoms with Gasteiger partial charge in [-0.05, 0) is 37.1 Å². The topological polar surface area (TPSA) is 23.5 Å². The summed E-state index contributed by atoms with van der Waals surface area (Å²) < 4.78 is 25.3. The van der Waals surface area contributed by atoms with Gasteiger partial charge in [0.1, 0.15) is 0 Å². The van der Waals surface area contributed by atoms with Gasteiger partial charge in [-0.25, -0.2) is 8.78 Å².